The Morgan fingerprint density at radius 3 is 2.83 bits per heavy atom. The first kappa shape index (κ1) is 17.0. The van der Waals surface area contributed by atoms with Crippen LogP contribution in [0.1, 0.15) is 19.2 Å². The fourth-order valence-corrected chi connectivity index (χ4v) is 2.22. The number of alkyl halides is 1. The lowest BCUT2D eigenvalue weighted by molar-refractivity contribution is 0.455. The molecule has 2 rings (SSSR count). The van der Waals surface area contributed by atoms with E-state index in [0.717, 1.165) is 29.6 Å². The van der Waals surface area contributed by atoms with Crippen LogP contribution in [0.3, 0.4) is 0 Å². The molecular weight excluding hydrogens is 293 g/mol. The Morgan fingerprint density at radius 2 is 2.13 bits per heavy atom. The zero-order chi connectivity index (χ0) is 16.5. The Labute approximate surface area is 136 Å². The summed E-state index contributed by atoms with van der Waals surface area (Å²) in [4.78, 5) is 14.2. The molecule has 124 valence electrons. The maximum atomic E-state index is 12.2. The van der Waals surface area contributed by atoms with Crippen molar-refractivity contribution >= 4 is 5.96 Å². The van der Waals surface area contributed by atoms with Gasteiger partial charge in [0, 0.05) is 20.1 Å². The molecule has 6 heteroatoms. The highest BCUT2D eigenvalue weighted by atomic mass is 19.1. The Hall–Kier alpha value is -2.37. The van der Waals surface area contributed by atoms with Crippen molar-refractivity contribution in [1.29, 1.82) is 0 Å². The van der Waals surface area contributed by atoms with Crippen molar-refractivity contribution < 1.29 is 4.39 Å². The fourth-order valence-electron chi connectivity index (χ4n) is 2.22. The molecule has 0 saturated heterocycles. The molecule has 2 aromatic rings. The van der Waals surface area contributed by atoms with Gasteiger partial charge in [-0.15, -0.1) is 0 Å². The van der Waals surface area contributed by atoms with Crippen LogP contribution in [-0.2, 0) is 6.54 Å². The van der Waals surface area contributed by atoms with Crippen LogP contribution < -0.4 is 5.32 Å². The molecule has 0 saturated carbocycles. The third-order valence-corrected chi connectivity index (χ3v) is 3.35. The molecule has 1 aromatic carbocycles. The molecule has 0 unspecified atom stereocenters. The average Bonchev–Trinajstić information content (AvgIpc) is 3.03. The Bertz CT molecular complexity index is 608. The number of aromatic amines is 1. The van der Waals surface area contributed by atoms with E-state index in [0.29, 0.717) is 19.5 Å². The largest absolute Gasteiger partial charge is 0.357 e. The van der Waals surface area contributed by atoms with E-state index in [9.17, 15) is 4.39 Å². The van der Waals surface area contributed by atoms with Crippen LogP contribution in [0.25, 0.3) is 11.3 Å². The van der Waals surface area contributed by atoms with Crippen molar-refractivity contribution in [2.45, 2.75) is 19.9 Å². The first-order valence-corrected chi connectivity index (χ1v) is 7.89. The van der Waals surface area contributed by atoms with Crippen LogP contribution in [0.15, 0.2) is 41.5 Å². The summed E-state index contributed by atoms with van der Waals surface area (Å²) in [6.07, 6.45) is 2.29. The molecule has 5 nitrogen and oxygen atoms in total. The van der Waals surface area contributed by atoms with Gasteiger partial charge in [0.1, 0.15) is 5.82 Å². The monoisotopic (exact) mass is 317 g/mol. The van der Waals surface area contributed by atoms with Gasteiger partial charge in [0.05, 0.1) is 25.1 Å². The van der Waals surface area contributed by atoms with Crippen molar-refractivity contribution in [2.24, 2.45) is 4.99 Å². The predicted molar refractivity (Wildman–Crippen MR) is 92.1 cm³/mol. The van der Waals surface area contributed by atoms with Crippen molar-refractivity contribution in [3.05, 3.63) is 42.4 Å². The summed E-state index contributed by atoms with van der Waals surface area (Å²) in [5.41, 5.74) is 2.10. The van der Waals surface area contributed by atoms with Gasteiger partial charge in [0.2, 0.25) is 0 Å². The number of aliphatic imine (C=N–C) groups is 1. The number of imidazole rings is 1. The average molecular weight is 317 g/mol. The number of nitrogens with one attached hydrogen (secondary N) is 2. The topological polar surface area (TPSA) is 56.3 Å². The van der Waals surface area contributed by atoms with E-state index < -0.39 is 0 Å². The summed E-state index contributed by atoms with van der Waals surface area (Å²) in [5.74, 6) is 1.63. The molecule has 0 amide bonds. The summed E-state index contributed by atoms with van der Waals surface area (Å²) in [6.45, 7) is 3.53. The van der Waals surface area contributed by atoms with Gasteiger partial charge in [-0.2, -0.15) is 0 Å². The number of benzene rings is 1. The molecule has 1 heterocycles. The summed E-state index contributed by atoms with van der Waals surface area (Å²) in [7, 11) is 1.95. The van der Waals surface area contributed by atoms with Gasteiger partial charge in [-0.25, -0.2) is 4.98 Å². The first-order chi connectivity index (χ1) is 11.2. The van der Waals surface area contributed by atoms with Gasteiger partial charge in [-0.1, -0.05) is 30.3 Å². The molecule has 0 fully saturated rings. The van der Waals surface area contributed by atoms with E-state index >= 15 is 0 Å². The molecule has 0 aliphatic rings. The molecule has 0 bridgehead atoms. The number of halogens is 1. The van der Waals surface area contributed by atoms with Crippen LogP contribution in [0.4, 0.5) is 4.39 Å². The van der Waals surface area contributed by atoms with Crippen molar-refractivity contribution in [3.8, 4) is 11.3 Å². The van der Waals surface area contributed by atoms with Gasteiger partial charge < -0.3 is 15.2 Å². The summed E-state index contributed by atoms with van der Waals surface area (Å²) < 4.78 is 12.2. The lowest BCUT2D eigenvalue weighted by atomic mass is 10.2. The normalized spacial score (nSPS) is 11.5. The number of hydrogen-bond acceptors (Lipinski definition) is 2. The molecule has 0 spiro atoms. The summed E-state index contributed by atoms with van der Waals surface area (Å²) in [6, 6.07) is 10.1. The van der Waals surface area contributed by atoms with E-state index in [1.165, 1.54) is 0 Å². The van der Waals surface area contributed by atoms with Gasteiger partial charge in [-0.05, 0) is 18.9 Å². The smallest absolute Gasteiger partial charge is 0.194 e. The number of hydrogen-bond donors (Lipinski definition) is 2. The molecule has 2 N–H and O–H groups in total. The third-order valence-electron chi connectivity index (χ3n) is 3.35. The maximum Gasteiger partial charge on any atom is 0.194 e. The predicted octanol–water partition coefficient (Wildman–Crippen LogP) is 2.83. The minimum Gasteiger partial charge on any atom is -0.357 e. The quantitative estimate of drug-likeness (QED) is 0.469. The number of rotatable bonds is 7. The second-order valence-corrected chi connectivity index (χ2v) is 5.24. The van der Waals surface area contributed by atoms with Gasteiger partial charge in [-0.3, -0.25) is 9.38 Å². The molecular formula is C17H24FN5. The SMILES string of the molecule is CCNC(=NCCCF)N(C)Cc1ncc(-c2ccccc2)[nH]1. The zero-order valence-corrected chi connectivity index (χ0v) is 13.7. The minimum absolute atomic E-state index is 0.342. The number of H-pyrrole nitrogens is 1. The Balaban J connectivity index is 2.02. The van der Waals surface area contributed by atoms with E-state index in [2.05, 4.69) is 20.3 Å². The first-order valence-electron chi connectivity index (χ1n) is 7.89. The molecule has 0 radical (unpaired) electrons. The molecule has 0 aliphatic heterocycles. The van der Waals surface area contributed by atoms with Crippen LogP contribution in [-0.4, -0.2) is 47.6 Å². The molecule has 0 atom stereocenters. The standard InChI is InChI=1S/C17H24FN5/c1-3-19-17(20-11-7-10-18)23(2)13-16-21-12-15(22-16)14-8-5-4-6-9-14/h4-6,8-9,12H,3,7,10-11,13H2,1-2H3,(H,19,20)(H,21,22). The maximum absolute atomic E-state index is 12.2. The van der Waals surface area contributed by atoms with E-state index in [4.69, 9.17) is 0 Å². The number of guanidine groups is 1. The zero-order valence-electron chi connectivity index (χ0n) is 13.7. The van der Waals surface area contributed by atoms with Crippen molar-refractivity contribution in [1.82, 2.24) is 20.2 Å². The van der Waals surface area contributed by atoms with Gasteiger partial charge >= 0.3 is 0 Å². The second kappa shape index (κ2) is 8.92. The number of aromatic nitrogens is 2. The summed E-state index contributed by atoms with van der Waals surface area (Å²) in [5, 5.41) is 3.21. The highest BCUT2D eigenvalue weighted by Gasteiger charge is 2.09. The minimum atomic E-state index is -0.342. The van der Waals surface area contributed by atoms with E-state index in [-0.39, 0.29) is 6.67 Å². The van der Waals surface area contributed by atoms with E-state index in [1.54, 1.807) is 0 Å². The number of nitrogens with zero attached hydrogens (tertiary/aromatic N) is 3. The lowest BCUT2D eigenvalue weighted by Crippen LogP contribution is -2.38. The van der Waals surface area contributed by atoms with Gasteiger partial charge in [0.25, 0.3) is 0 Å². The Kier molecular flexibility index (Phi) is 6.59. The van der Waals surface area contributed by atoms with E-state index in [1.807, 2.05) is 55.4 Å². The third kappa shape index (κ3) is 5.09. The van der Waals surface area contributed by atoms with Crippen molar-refractivity contribution in [3.63, 3.8) is 0 Å². The molecule has 23 heavy (non-hydrogen) atoms. The van der Waals surface area contributed by atoms with Crippen LogP contribution >= 0.6 is 0 Å². The molecule has 0 aliphatic carbocycles. The fraction of sp³-hybridized carbons (Fsp3) is 0.412. The van der Waals surface area contributed by atoms with Crippen molar-refractivity contribution in [2.75, 3.05) is 26.8 Å². The summed E-state index contributed by atoms with van der Waals surface area (Å²) >= 11 is 0. The second-order valence-electron chi connectivity index (χ2n) is 5.24. The highest BCUT2D eigenvalue weighted by Crippen LogP contribution is 2.16. The van der Waals surface area contributed by atoms with Crippen LogP contribution in [0.5, 0.6) is 0 Å². The molecule has 1 aromatic heterocycles. The van der Waals surface area contributed by atoms with Gasteiger partial charge in [0.15, 0.2) is 5.96 Å². The highest BCUT2D eigenvalue weighted by molar-refractivity contribution is 5.79. The Morgan fingerprint density at radius 1 is 1.35 bits per heavy atom. The van der Waals surface area contributed by atoms with Crippen LogP contribution in [0.2, 0.25) is 0 Å². The van der Waals surface area contributed by atoms with Crippen LogP contribution in [0, 0.1) is 0 Å². The lowest BCUT2D eigenvalue weighted by Gasteiger charge is -2.20.